The molecule has 0 saturated heterocycles. The molecule has 0 radical (unpaired) electrons. The van der Waals surface area contributed by atoms with E-state index < -0.39 is 45.0 Å². The Morgan fingerprint density at radius 1 is 1.00 bits per heavy atom. The second kappa shape index (κ2) is 10.5. The van der Waals surface area contributed by atoms with Gasteiger partial charge in [0.15, 0.2) is 0 Å². The summed E-state index contributed by atoms with van der Waals surface area (Å²) in [6.07, 6.45) is -0.658. The first kappa shape index (κ1) is 27.3. The van der Waals surface area contributed by atoms with Gasteiger partial charge in [0.05, 0.1) is 10.6 Å². The van der Waals surface area contributed by atoms with E-state index in [1.165, 1.54) is 6.07 Å². The lowest BCUT2D eigenvalue weighted by Gasteiger charge is -2.23. The Kier molecular flexibility index (Phi) is 8.44. The first-order chi connectivity index (χ1) is 15.6. The molecule has 2 aromatic carbocycles. The fourth-order valence-electron chi connectivity index (χ4n) is 2.96. The van der Waals surface area contributed by atoms with Gasteiger partial charge < -0.3 is 15.4 Å². The molecule has 0 aliphatic heterocycles. The molecule has 8 nitrogen and oxygen atoms in total. The van der Waals surface area contributed by atoms with Gasteiger partial charge in [0.25, 0.3) is 0 Å². The number of anilines is 1. The van der Waals surface area contributed by atoms with E-state index in [2.05, 4.69) is 15.4 Å². The normalized spacial score (nSPS) is 13.1. The third-order valence-corrected chi connectivity index (χ3v) is 6.00. The number of hydrogen-bond donors (Lipinski definition) is 3. The van der Waals surface area contributed by atoms with Gasteiger partial charge >= 0.3 is 6.09 Å². The zero-order chi connectivity index (χ0) is 25.7. The van der Waals surface area contributed by atoms with Crippen molar-refractivity contribution < 1.29 is 27.1 Å². The summed E-state index contributed by atoms with van der Waals surface area (Å²) >= 11 is 0. The minimum absolute atomic E-state index is 0.134. The van der Waals surface area contributed by atoms with Gasteiger partial charge in [-0.15, -0.1) is 0 Å². The van der Waals surface area contributed by atoms with Gasteiger partial charge in [-0.3, -0.25) is 4.79 Å². The Bertz CT molecular complexity index is 1120. The van der Waals surface area contributed by atoms with E-state index in [0.717, 1.165) is 17.7 Å². The number of sulfonamides is 1. The minimum atomic E-state index is -3.95. The first-order valence-electron chi connectivity index (χ1n) is 10.7. The molecule has 0 aliphatic rings. The van der Waals surface area contributed by atoms with Crippen LogP contribution in [0.25, 0.3) is 0 Å². The Hall–Kier alpha value is -2.98. The maximum absolute atomic E-state index is 14.7. The third kappa shape index (κ3) is 8.75. The summed E-state index contributed by atoms with van der Waals surface area (Å²) in [6, 6.07) is 11.1. The van der Waals surface area contributed by atoms with Gasteiger partial charge in [-0.05, 0) is 65.3 Å². The number of hydrogen-bond acceptors (Lipinski definition) is 5. The number of carbonyl (C=O) groups is 2. The highest BCUT2D eigenvalue weighted by Crippen LogP contribution is 2.21. The van der Waals surface area contributed by atoms with Crippen LogP contribution in [0.2, 0.25) is 0 Å². The SMILES string of the molecule is CC(C)(C)NS(=O)(=O)c1ccc(NC(=O)[C@H](Cc2ccccc2)NC(=O)OC(C)(C)C)c(F)c1. The molecular formula is C24H32FN3O5S. The fourth-order valence-corrected chi connectivity index (χ4v) is 4.38. The largest absolute Gasteiger partial charge is 0.444 e. The lowest BCUT2D eigenvalue weighted by molar-refractivity contribution is -0.118. The molecule has 0 unspecified atom stereocenters. The molecule has 10 heteroatoms. The predicted octanol–water partition coefficient (Wildman–Crippen LogP) is 3.98. The smallest absolute Gasteiger partial charge is 0.408 e. The van der Waals surface area contributed by atoms with Crippen LogP contribution in [0, 0.1) is 5.82 Å². The molecule has 0 aromatic heterocycles. The molecule has 1 atom stereocenters. The molecule has 0 heterocycles. The van der Waals surface area contributed by atoms with Crippen molar-refractivity contribution in [2.24, 2.45) is 0 Å². The number of nitrogens with one attached hydrogen (secondary N) is 3. The third-order valence-electron chi connectivity index (χ3n) is 4.24. The van der Waals surface area contributed by atoms with Crippen molar-refractivity contribution in [1.82, 2.24) is 10.0 Å². The number of ether oxygens (including phenoxy) is 1. The predicted molar refractivity (Wildman–Crippen MR) is 128 cm³/mol. The Labute approximate surface area is 200 Å². The molecule has 3 N–H and O–H groups in total. The summed E-state index contributed by atoms with van der Waals surface area (Å²) in [6.45, 7) is 10.1. The summed E-state index contributed by atoms with van der Waals surface area (Å²) in [5.74, 6) is -1.61. The average molecular weight is 494 g/mol. The molecule has 2 aromatic rings. The van der Waals surface area contributed by atoms with E-state index in [0.29, 0.717) is 0 Å². The van der Waals surface area contributed by atoms with Crippen molar-refractivity contribution >= 4 is 27.7 Å². The zero-order valence-corrected chi connectivity index (χ0v) is 21.0. The van der Waals surface area contributed by atoms with Crippen molar-refractivity contribution in [3.8, 4) is 0 Å². The quantitative estimate of drug-likeness (QED) is 0.540. The number of rotatable bonds is 7. The molecule has 34 heavy (non-hydrogen) atoms. The van der Waals surface area contributed by atoms with Gasteiger partial charge in [0.1, 0.15) is 17.5 Å². The summed E-state index contributed by atoms with van der Waals surface area (Å²) in [5, 5.41) is 4.95. The average Bonchev–Trinajstić information content (AvgIpc) is 2.66. The number of amides is 2. The number of benzene rings is 2. The minimum Gasteiger partial charge on any atom is -0.444 e. The first-order valence-corrected chi connectivity index (χ1v) is 12.2. The Morgan fingerprint density at radius 3 is 2.15 bits per heavy atom. The lowest BCUT2D eigenvalue weighted by Crippen LogP contribution is -2.47. The summed E-state index contributed by atoms with van der Waals surface area (Å²) in [5.41, 5.74) is -0.968. The second-order valence-electron chi connectivity index (χ2n) is 9.87. The van der Waals surface area contributed by atoms with Gasteiger partial charge in [-0.1, -0.05) is 30.3 Å². The van der Waals surface area contributed by atoms with Crippen LogP contribution in [-0.4, -0.2) is 37.6 Å². The van der Waals surface area contributed by atoms with Gasteiger partial charge in [0, 0.05) is 12.0 Å². The molecule has 2 amide bonds. The standard InChI is InChI=1S/C24H32FN3O5S/c1-23(2,3)28-34(31,32)17-12-13-19(18(25)15-17)26-21(29)20(14-16-10-8-7-9-11-16)27-22(30)33-24(4,5)6/h7-13,15,20,28H,14H2,1-6H3,(H,26,29)(H,27,30)/t20-/m0/s1. The number of carbonyl (C=O) groups excluding carboxylic acids is 2. The van der Waals surface area contributed by atoms with Crippen LogP contribution in [0.5, 0.6) is 0 Å². The van der Waals surface area contributed by atoms with E-state index >= 15 is 0 Å². The highest BCUT2D eigenvalue weighted by molar-refractivity contribution is 7.89. The van der Waals surface area contributed by atoms with Crippen molar-refractivity contribution in [2.75, 3.05) is 5.32 Å². The van der Waals surface area contributed by atoms with Gasteiger partial charge in [0.2, 0.25) is 15.9 Å². The molecule has 2 rings (SSSR count). The fraction of sp³-hybridized carbons (Fsp3) is 0.417. The molecule has 0 saturated carbocycles. The monoisotopic (exact) mass is 493 g/mol. The van der Waals surface area contributed by atoms with Crippen LogP contribution in [0.3, 0.4) is 0 Å². The van der Waals surface area contributed by atoms with Crippen LogP contribution in [0.1, 0.15) is 47.1 Å². The number of alkyl carbamates (subject to hydrolysis) is 1. The van der Waals surface area contributed by atoms with E-state index in [4.69, 9.17) is 4.74 Å². The molecule has 0 spiro atoms. The van der Waals surface area contributed by atoms with Crippen LogP contribution in [0.4, 0.5) is 14.9 Å². The van der Waals surface area contributed by atoms with Crippen LogP contribution in [-0.2, 0) is 26.0 Å². The van der Waals surface area contributed by atoms with Crippen LogP contribution < -0.4 is 15.4 Å². The summed E-state index contributed by atoms with van der Waals surface area (Å²) in [4.78, 5) is 25.0. The van der Waals surface area contributed by atoms with Gasteiger partial charge in [-0.2, -0.15) is 0 Å². The molecular weight excluding hydrogens is 461 g/mol. The molecule has 186 valence electrons. The Balaban J connectivity index is 2.24. The summed E-state index contributed by atoms with van der Waals surface area (Å²) in [7, 11) is -3.95. The second-order valence-corrected chi connectivity index (χ2v) is 11.6. The maximum Gasteiger partial charge on any atom is 0.408 e. The van der Waals surface area contributed by atoms with Crippen LogP contribution >= 0.6 is 0 Å². The highest BCUT2D eigenvalue weighted by Gasteiger charge is 2.27. The van der Waals surface area contributed by atoms with E-state index in [1.807, 2.05) is 6.07 Å². The van der Waals surface area contributed by atoms with E-state index in [1.54, 1.807) is 65.8 Å². The Morgan fingerprint density at radius 2 is 1.62 bits per heavy atom. The topological polar surface area (TPSA) is 114 Å². The summed E-state index contributed by atoms with van der Waals surface area (Å²) < 4.78 is 47.3. The highest BCUT2D eigenvalue weighted by atomic mass is 32.2. The molecule has 0 aliphatic carbocycles. The van der Waals surface area contributed by atoms with Crippen LogP contribution in [0.15, 0.2) is 53.4 Å². The van der Waals surface area contributed by atoms with Crippen molar-refractivity contribution in [3.05, 3.63) is 59.9 Å². The van der Waals surface area contributed by atoms with Crippen molar-refractivity contribution in [3.63, 3.8) is 0 Å². The maximum atomic E-state index is 14.7. The van der Waals surface area contributed by atoms with E-state index in [9.17, 15) is 22.4 Å². The van der Waals surface area contributed by atoms with Crippen molar-refractivity contribution in [1.29, 1.82) is 0 Å². The molecule has 0 fully saturated rings. The molecule has 0 bridgehead atoms. The van der Waals surface area contributed by atoms with Gasteiger partial charge in [-0.25, -0.2) is 22.3 Å². The van der Waals surface area contributed by atoms with Crippen molar-refractivity contribution in [2.45, 2.75) is 70.0 Å². The number of halogens is 1. The zero-order valence-electron chi connectivity index (χ0n) is 20.2. The lowest BCUT2D eigenvalue weighted by atomic mass is 10.1. The van der Waals surface area contributed by atoms with E-state index in [-0.39, 0.29) is 17.0 Å².